The number of Topliss-reactive ketones (excluding diaryl/α,β-unsaturated/α-hetero) is 1. The molecule has 0 aromatic carbocycles. The molecule has 0 aliphatic rings. The fraction of sp³-hybridized carbons (Fsp3) is 0.880. The van der Waals surface area contributed by atoms with E-state index in [2.05, 4.69) is 10.6 Å². The zero-order valence-corrected chi connectivity index (χ0v) is 21.0. The highest BCUT2D eigenvalue weighted by atomic mass is 16.6. The van der Waals surface area contributed by atoms with Crippen LogP contribution in [0, 0.1) is 5.92 Å². The van der Waals surface area contributed by atoms with Crippen LogP contribution in [-0.4, -0.2) is 62.4 Å². The van der Waals surface area contributed by atoms with Gasteiger partial charge in [0, 0.05) is 31.7 Å². The lowest BCUT2D eigenvalue weighted by Crippen LogP contribution is -2.38. The number of ketones is 1. The molecular formula is C25H50N2O6. The zero-order chi connectivity index (χ0) is 24.4. The van der Waals surface area contributed by atoms with Gasteiger partial charge < -0.3 is 24.8 Å². The van der Waals surface area contributed by atoms with Crippen LogP contribution in [0.2, 0.25) is 0 Å². The number of carbonyl (C=O) groups is 3. The molecule has 0 saturated heterocycles. The van der Waals surface area contributed by atoms with Gasteiger partial charge in [0.15, 0.2) is 0 Å². The lowest BCUT2D eigenvalue weighted by atomic mass is 10.0. The van der Waals surface area contributed by atoms with Gasteiger partial charge in [-0.1, -0.05) is 27.7 Å². The summed E-state index contributed by atoms with van der Waals surface area (Å²) in [6.07, 6.45) is 3.59. The Labute approximate surface area is 201 Å². The normalized spacial score (nSPS) is 11.9. The fourth-order valence-corrected chi connectivity index (χ4v) is 2.87. The Morgan fingerprint density at radius 1 is 0.818 bits per heavy atom. The summed E-state index contributed by atoms with van der Waals surface area (Å²) in [5, 5.41) is 5.50. The second-order valence-corrected chi connectivity index (χ2v) is 8.67. The van der Waals surface area contributed by atoms with E-state index >= 15 is 0 Å². The minimum absolute atomic E-state index is 0. The number of unbranched alkanes of at least 4 members (excludes halogenated alkanes) is 1. The minimum atomic E-state index is -0.522. The van der Waals surface area contributed by atoms with E-state index in [1.54, 1.807) is 13.8 Å². The van der Waals surface area contributed by atoms with Gasteiger partial charge in [-0.25, -0.2) is 4.79 Å². The smallest absolute Gasteiger partial charge is 0.407 e. The summed E-state index contributed by atoms with van der Waals surface area (Å²) in [7, 11) is 0. The van der Waals surface area contributed by atoms with E-state index in [0.29, 0.717) is 51.4 Å². The van der Waals surface area contributed by atoms with Crippen LogP contribution in [0.25, 0.3) is 0 Å². The highest BCUT2D eigenvalue weighted by Crippen LogP contribution is 2.12. The Hall–Kier alpha value is -1.67. The number of hydrogen-bond donors (Lipinski definition) is 2. The van der Waals surface area contributed by atoms with Gasteiger partial charge in [-0.2, -0.15) is 0 Å². The van der Waals surface area contributed by atoms with Gasteiger partial charge in [0.05, 0.1) is 32.0 Å². The van der Waals surface area contributed by atoms with Gasteiger partial charge in [-0.3, -0.25) is 9.59 Å². The molecular weight excluding hydrogens is 424 g/mol. The second-order valence-electron chi connectivity index (χ2n) is 8.67. The fourth-order valence-electron chi connectivity index (χ4n) is 2.87. The first-order valence-corrected chi connectivity index (χ1v) is 12.1. The van der Waals surface area contributed by atoms with Gasteiger partial charge >= 0.3 is 6.09 Å². The van der Waals surface area contributed by atoms with Gasteiger partial charge in [-0.05, 0) is 47.0 Å². The Morgan fingerprint density at radius 3 is 1.94 bits per heavy atom. The molecule has 196 valence electrons. The maximum Gasteiger partial charge on any atom is 0.407 e. The average Bonchev–Trinajstić information content (AvgIpc) is 2.75. The Morgan fingerprint density at radius 2 is 1.42 bits per heavy atom. The summed E-state index contributed by atoms with van der Waals surface area (Å²) >= 11 is 0. The number of ether oxygens (including phenoxy) is 3. The number of rotatable bonds is 19. The molecule has 8 nitrogen and oxygen atoms in total. The molecule has 0 fully saturated rings. The molecule has 0 aliphatic carbocycles. The third kappa shape index (κ3) is 20.7. The first kappa shape index (κ1) is 33.5. The highest BCUT2D eigenvalue weighted by molar-refractivity contribution is 5.78. The van der Waals surface area contributed by atoms with Crippen LogP contribution in [0.5, 0.6) is 0 Å². The van der Waals surface area contributed by atoms with Crippen molar-refractivity contribution in [1.82, 2.24) is 10.6 Å². The summed E-state index contributed by atoms with van der Waals surface area (Å²) < 4.78 is 16.9. The Balaban J connectivity index is 0. The molecule has 0 aromatic rings. The van der Waals surface area contributed by atoms with E-state index in [9.17, 15) is 14.4 Å². The predicted molar refractivity (Wildman–Crippen MR) is 132 cm³/mol. The van der Waals surface area contributed by atoms with Crippen molar-refractivity contribution in [2.75, 3.05) is 26.3 Å². The molecule has 2 N–H and O–H groups in total. The van der Waals surface area contributed by atoms with E-state index in [0.717, 1.165) is 19.3 Å². The summed E-state index contributed by atoms with van der Waals surface area (Å²) in [6, 6.07) is 0. The monoisotopic (exact) mass is 474 g/mol. The quantitative estimate of drug-likeness (QED) is 0.264. The number of alkyl carbamates (subject to hydrolysis) is 1. The molecule has 0 bridgehead atoms. The van der Waals surface area contributed by atoms with Crippen LogP contribution in [0.1, 0.15) is 93.9 Å². The average molecular weight is 475 g/mol. The summed E-state index contributed by atoms with van der Waals surface area (Å²) in [5.74, 6) is 0.325. The third-order valence-electron chi connectivity index (χ3n) is 4.90. The van der Waals surface area contributed by atoms with E-state index in [-0.39, 0.29) is 37.9 Å². The molecule has 0 rings (SSSR count). The van der Waals surface area contributed by atoms with Crippen molar-refractivity contribution in [2.24, 2.45) is 5.92 Å². The van der Waals surface area contributed by atoms with Crippen LogP contribution in [0.15, 0.2) is 0 Å². The van der Waals surface area contributed by atoms with Crippen LogP contribution in [0.3, 0.4) is 0 Å². The van der Waals surface area contributed by atoms with Crippen molar-refractivity contribution in [1.29, 1.82) is 0 Å². The van der Waals surface area contributed by atoms with Gasteiger partial charge in [0.1, 0.15) is 11.9 Å². The van der Waals surface area contributed by atoms with Crippen molar-refractivity contribution in [3.8, 4) is 0 Å². The second kappa shape index (κ2) is 20.9. The van der Waals surface area contributed by atoms with Crippen molar-refractivity contribution in [2.45, 2.75) is 112 Å². The van der Waals surface area contributed by atoms with Crippen molar-refractivity contribution < 1.29 is 28.6 Å². The largest absolute Gasteiger partial charge is 0.444 e. The molecule has 1 unspecified atom stereocenters. The first-order chi connectivity index (χ1) is 15.2. The van der Waals surface area contributed by atoms with Gasteiger partial charge in [0.2, 0.25) is 5.91 Å². The molecule has 33 heavy (non-hydrogen) atoms. The number of carbonyl (C=O) groups excluding carboxylic acids is 3. The first-order valence-electron chi connectivity index (χ1n) is 12.1. The zero-order valence-electron chi connectivity index (χ0n) is 21.0. The standard InChI is InChI=1S/C24H46N2O6.CH4/c1-7-21(27)12-13-22(15-26-23(28)8-2)32-24(29)25-14-10-9-11-20(16-30-18(3)4)17-31-19(5)6;/h18-20,22H,7-17H2,1-6H3,(H,25,29)(H,26,28);1H4. The molecule has 0 aliphatic heterocycles. The minimum Gasteiger partial charge on any atom is -0.444 e. The maximum atomic E-state index is 12.2. The topological polar surface area (TPSA) is 103 Å². The van der Waals surface area contributed by atoms with Crippen LogP contribution in [-0.2, 0) is 23.8 Å². The van der Waals surface area contributed by atoms with Gasteiger partial charge in [0.25, 0.3) is 0 Å². The van der Waals surface area contributed by atoms with E-state index < -0.39 is 12.2 Å². The number of nitrogens with one attached hydrogen (secondary N) is 2. The lowest BCUT2D eigenvalue weighted by Gasteiger charge is -2.20. The summed E-state index contributed by atoms with van der Waals surface area (Å²) in [4.78, 5) is 35.3. The molecule has 0 heterocycles. The van der Waals surface area contributed by atoms with Crippen molar-refractivity contribution in [3.63, 3.8) is 0 Å². The number of amides is 2. The third-order valence-corrected chi connectivity index (χ3v) is 4.90. The van der Waals surface area contributed by atoms with Crippen LogP contribution in [0.4, 0.5) is 4.79 Å². The highest BCUT2D eigenvalue weighted by Gasteiger charge is 2.17. The molecule has 0 saturated carbocycles. The SMILES string of the molecule is C.CCC(=O)CCC(CNC(=O)CC)OC(=O)NCCCCC(COC(C)C)COC(C)C. The predicted octanol–water partition coefficient (Wildman–Crippen LogP) is 4.64. The van der Waals surface area contributed by atoms with Crippen molar-refractivity contribution in [3.05, 3.63) is 0 Å². The molecule has 8 heteroatoms. The van der Waals surface area contributed by atoms with Crippen LogP contribution < -0.4 is 10.6 Å². The summed E-state index contributed by atoms with van der Waals surface area (Å²) in [6.45, 7) is 13.7. The molecule has 0 spiro atoms. The van der Waals surface area contributed by atoms with E-state index in [4.69, 9.17) is 14.2 Å². The van der Waals surface area contributed by atoms with Crippen LogP contribution >= 0.6 is 0 Å². The summed E-state index contributed by atoms with van der Waals surface area (Å²) in [5.41, 5.74) is 0. The molecule has 0 aromatic heterocycles. The van der Waals surface area contributed by atoms with E-state index in [1.165, 1.54) is 0 Å². The van der Waals surface area contributed by atoms with E-state index in [1.807, 2.05) is 27.7 Å². The Kier molecular flexibility index (Phi) is 21.2. The lowest BCUT2D eigenvalue weighted by molar-refractivity contribution is -0.121. The Bertz CT molecular complexity index is 493. The molecule has 0 radical (unpaired) electrons. The molecule has 2 amide bonds. The molecule has 1 atom stereocenters. The number of hydrogen-bond acceptors (Lipinski definition) is 6. The van der Waals surface area contributed by atoms with Gasteiger partial charge in [-0.15, -0.1) is 0 Å². The van der Waals surface area contributed by atoms with Crippen molar-refractivity contribution >= 4 is 17.8 Å². The maximum absolute atomic E-state index is 12.2.